The molecule has 21 heavy (non-hydrogen) atoms. The number of nitrogens with one attached hydrogen (secondary N) is 2. The molecule has 0 unspecified atom stereocenters. The molecule has 2 aromatic rings. The van der Waals surface area contributed by atoms with Gasteiger partial charge < -0.3 is 15.2 Å². The largest absolute Gasteiger partial charge is 0.357 e. The Labute approximate surface area is 125 Å². The highest BCUT2D eigenvalue weighted by atomic mass is 15.3. The lowest BCUT2D eigenvalue weighted by Crippen LogP contribution is -2.38. The van der Waals surface area contributed by atoms with E-state index in [1.807, 2.05) is 17.7 Å². The Bertz CT molecular complexity index is 561. The molecule has 0 aliphatic carbocycles. The van der Waals surface area contributed by atoms with E-state index in [-0.39, 0.29) is 0 Å². The Balaban J connectivity index is 1.85. The molecule has 0 amide bonds. The third-order valence-electron chi connectivity index (χ3n) is 3.08. The molecule has 2 N–H and O–H groups in total. The summed E-state index contributed by atoms with van der Waals surface area (Å²) < 4.78 is 1.87. The molecular formula is C15H22N6. The van der Waals surface area contributed by atoms with Gasteiger partial charge in [-0.3, -0.25) is 0 Å². The van der Waals surface area contributed by atoms with Gasteiger partial charge in [-0.1, -0.05) is 30.3 Å². The number of hydrogen-bond donors (Lipinski definition) is 2. The van der Waals surface area contributed by atoms with E-state index >= 15 is 0 Å². The molecule has 2 rings (SSSR count). The summed E-state index contributed by atoms with van der Waals surface area (Å²) in [5.41, 5.74) is 1.31. The van der Waals surface area contributed by atoms with Crippen LogP contribution in [-0.2, 0) is 20.0 Å². The lowest BCUT2D eigenvalue weighted by molar-refractivity contribution is 0.763. The summed E-state index contributed by atoms with van der Waals surface area (Å²) in [5.74, 6) is 1.65. The van der Waals surface area contributed by atoms with Gasteiger partial charge in [-0.25, -0.2) is 4.99 Å². The zero-order valence-corrected chi connectivity index (χ0v) is 12.6. The fraction of sp³-hybridized carbons (Fsp3) is 0.400. The number of rotatable bonds is 6. The minimum absolute atomic E-state index is 0.511. The highest BCUT2D eigenvalue weighted by Crippen LogP contribution is 1.98. The number of aliphatic imine (C=N–C) groups is 1. The van der Waals surface area contributed by atoms with E-state index in [4.69, 9.17) is 0 Å². The van der Waals surface area contributed by atoms with E-state index in [1.165, 1.54) is 5.56 Å². The summed E-state index contributed by atoms with van der Waals surface area (Å²) in [6.07, 6.45) is 2.65. The van der Waals surface area contributed by atoms with Gasteiger partial charge in [-0.2, -0.15) is 0 Å². The van der Waals surface area contributed by atoms with Crippen LogP contribution in [0.3, 0.4) is 0 Å². The van der Waals surface area contributed by atoms with Gasteiger partial charge in [0.25, 0.3) is 0 Å². The maximum atomic E-state index is 4.52. The summed E-state index contributed by atoms with van der Waals surface area (Å²) in [7, 11) is 1.92. The average molecular weight is 286 g/mol. The van der Waals surface area contributed by atoms with E-state index < -0.39 is 0 Å². The first kappa shape index (κ1) is 15.0. The molecule has 112 valence electrons. The summed E-state index contributed by atoms with van der Waals surface area (Å²) in [4.78, 5) is 4.52. The van der Waals surface area contributed by atoms with Gasteiger partial charge in [0.15, 0.2) is 11.8 Å². The highest BCUT2D eigenvalue weighted by molar-refractivity contribution is 5.79. The van der Waals surface area contributed by atoms with E-state index in [1.54, 1.807) is 6.33 Å². The van der Waals surface area contributed by atoms with Crippen molar-refractivity contribution in [3.8, 4) is 0 Å². The lowest BCUT2D eigenvalue weighted by Gasteiger charge is -2.11. The standard InChI is InChI=1S/C15H22N6/c1-3-16-15(18-11-14-20-19-12-21(14)2)17-10-9-13-7-5-4-6-8-13/h4-8,12H,3,9-11H2,1-2H3,(H2,16,17,18). The molecule has 1 aromatic heterocycles. The second kappa shape index (κ2) is 8.04. The van der Waals surface area contributed by atoms with E-state index in [0.717, 1.165) is 31.3 Å². The maximum absolute atomic E-state index is 4.52. The lowest BCUT2D eigenvalue weighted by atomic mass is 10.1. The van der Waals surface area contributed by atoms with Gasteiger partial charge in [0.05, 0.1) is 0 Å². The molecule has 0 spiro atoms. The first-order chi connectivity index (χ1) is 10.3. The molecule has 0 saturated heterocycles. The molecule has 0 aliphatic heterocycles. The fourth-order valence-corrected chi connectivity index (χ4v) is 1.91. The summed E-state index contributed by atoms with van der Waals surface area (Å²) in [6, 6.07) is 10.4. The molecule has 0 fully saturated rings. The number of aryl methyl sites for hydroxylation is 1. The van der Waals surface area contributed by atoms with Crippen LogP contribution in [0.5, 0.6) is 0 Å². The predicted octanol–water partition coefficient (Wildman–Crippen LogP) is 1.11. The molecule has 6 heteroatoms. The summed E-state index contributed by atoms with van der Waals surface area (Å²) in [5, 5.41) is 14.4. The number of guanidine groups is 1. The van der Waals surface area contributed by atoms with E-state index in [9.17, 15) is 0 Å². The first-order valence-electron chi connectivity index (χ1n) is 7.18. The number of aromatic nitrogens is 3. The molecule has 0 atom stereocenters. The van der Waals surface area contributed by atoms with Crippen molar-refractivity contribution in [2.24, 2.45) is 12.0 Å². The van der Waals surface area contributed by atoms with Crippen LogP contribution < -0.4 is 10.6 Å². The van der Waals surface area contributed by atoms with Gasteiger partial charge in [0.1, 0.15) is 12.9 Å². The fourth-order valence-electron chi connectivity index (χ4n) is 1.91. The van der Waals surface area contributed by atoms with Crippen LogP contribution in [0.15, 0.2) is 41.7 Å². The van der Waals surface area contributed by atoms with Crippen molar-refractivity contribution >= 4 is 5.96 Å². The van der Waals surface area contributed by atoms with Crippen molar-refractivity contribution in [3.63, 3.8) is 0 Å². The number of hydrogen-bond acceptors (Lipinski definition) is 3. The van der Waals surface area contributed by atoms with Crippen molar-refractivity contribution in [1.82, 2.24) is 25.4 Å². The summed E-state index contributed by atoms with van der Waals surface area (Å²) in [6.45, 7) is 4.23. The van der Waals surface area contributed by atoms with Gasteiger partial charge in [0.2, 0.25) is 0 Å². The van der Waals surface area contributed by atoms with E-state index in [0.29, 0.717) is 6.54 Å². The zero-order valence-electron chi connectivity index (χ0n) is 12.6. The third-order valence-corrected chi connectivity index (χ3v) is 3.08. The van der Waals surface area contributed by atoms with Crippen molar-refractivity contribution in [3.05, 3.63) is 48.0 Å². The van der Waals surface area contributed by atoms with Crippen LogP contribution in [0.2, 0.25) is 0 Å². The monoisotopic (exact) mass is 286 g/mol. The topological polar surface area (TPSA) is 67.1 Å². The van der Waals surface area contributed by atoms with Crippen LogP contribution in [0.1, 0.15) is 18.3 Å². The van der Waals surface area contributed by atoms with Gasteiger partial charge in [-0.05, 0) is 18.9 Å². The molecule has 1 heterocycles. The third kappa shape index (κ3) is 4.91. The van der Waals surface area contributed by atoms with Crippen molar-refractivity contribution in [2.75, 3.05) is 13.1 Å². The molecule has 0 bridgehead atoms. The number of nitrogens with zero attached hydrogens (tertiary/aromatic N) is 4. The first-order valence-corrected chi connectivity index (χ1v) is 7.18. The maximum Gasteiger partial charge on any atom is 0.191 e. The smallest absolute Gasteiger partial charge is 0.191 e. The van der Waals surface area contributed by atoms with Crippen molar-refractivity contribution < 1.29 is 0 Å². The molecule has 1 aromatic carbocycles. The van der Waals surface area contributed by atoms with Crippen LogP contribution >= 0.6 is 0 Å². The molecule has 0 radical (unpaired) electrons. The molecule has 6 nitrogen and oxygen atoms in total. The Morgan fingerprint density at radius 2 is 2.05 bits per heavy atom. The molecule has 0 aliphatic rings. The van der Waals surface area contributed by atoms with Crippen LogP contribution in [0.4, 0.5) is 0 Å². The minimum atomic E-state index is 0.511. The number of benzene rings is 1. The molecule has 0 saturated carbocycles. The SMILES string of the molecule is CCNC(=NCc1nncn1C)NCCc1ccccc1. The Morgan fingerprint density at radius 1 is 1.24 bits per heavy atom. The Morgan fingerprint density at radius 3 is 2.71 bits per heavy atom. The second-order valence-electron chi connectivity index (χ2n) is 4.72. The van der Waals surface area contributed by atoms with E-state index in [2.05, 4.69) is 57.0 Å². The van der Waals surface area contributed by atoms with Gasteiger partial charge in [0, 0.05) is 20.1 Å². The second-order valence-corrected chi connectivity index (χ2v) is 4.72. The van der Waals surface area contributed by atoms with Crippen molar-refractivity contribution in [2.45, 2.75) is 19.9 Å². The van der Waals surface area contributed by atoms with Crippen LogP contribution in [-0.4, -0.2) is 33.8 Å². The Kier molecular flexibility index (Phi) is 5.75. The minimum Gasteiger partial charge on any atom is -0.357 e. The quantitative estimate of drug-likeness (QED) is 0.617. The zero-order chi connectivity index (χ0) is 14.9. The van der Waals surface area contributed by atoms with Gasteiger partial charge >= 0.3 is 0 Å². The van der Waals surface area contributed by atoms with Gasteiger partial charge in [-0.15, -0.1) is 10.2 Å². The average Bonchev–Trinajstić information content (AvgIpc) is 2.91. The van der Waals surface area contributed by atoms with Crippen molar-refractivity contribution in [1.29, 1.82) is 0 Å². The molecular weight excluding hydrogens is 264 g/mol. The highest BCUT2D eigenvalue weighted by Gasteiger charge is 2.01. The Hall–Kier alpha value is -2.37. The van der Waals surface area contributed by atoms with Crippen LogP contribution in [0, 0.1) is 0 Å². The summed E-state index contributed by atoms with van der Waals surface area (Å²) >= 11 is 0. The van der Waals surface area contributed by atoms with Crippen LogP contribution in [0.25, 0.3) is 0 Å². The predicted molar refractivity (Wildman–Crippen MR) is 84.0 cm³/mol. The normalized spacial score (nSPS) is 11.4.